The number of thiol groups is 1. The largest absolute Gasteiger partial charge is 0.390 e. The molecule has 0 amide bonds. The second-order valence-electron chi connectivity index (χ2n) is 3.48. The molecule has 7 heteroatoms. The van der Waals surface area contributed by atoms with Gasteiger partial charge in [-0.2, -0.15) is 12.6 Å². The number of nitro groups is 1. The van der Waals surface area contributed by atoms with Crippen molar-refractivity contribution >= 4 is 34.2 Å². The Morgan fingerprint density at radius 3 is 2.65 bits per heavy atom. The van der Waals surface area contributed by atoms with E-state index < -0.39 is 17.1 Å². The van der Waals surface area contributed by atoms with Gasteiger partial charge in [0.2, 0.25) is 0 Å². The third-order valence-electron chi connectivity index (χ3n) is 2.30. The maximum Gasteiger partial charge on any atom is 0.276 e. The molecule has 2 atom stereocenters. The highest BCUT2D eigenvalue weighted by Gasteiger charge is 2.25. The zero-order valence-corrected chi connectivity index (χ0v) is 11.3. The van der Waals surface area contributed by atoms with Gasteiger partial charge >= 0.3 is 0 Å². The van der Waals surface area contributed by atoms with Gasteiger partial charge in [0.25, 0.3) is 5.69 Å². The molecule has 0 aliphatic carbocycles. The summed E-state index contributed by atoms with van der Waals surface area (Å²) in [6, 6.07) is 4.31. The molecule has 0 heterocycles. The van der Waals surface area contributed by atoms with Gasteiger partial charge in [0, 0.05) is 10.5 Å². The first kappa shape index (κ1) is 14.4. The van der Waals surface area contributed by atoms with E-state index in [0.29, 0.717) is 10.2 Å². The van der Waals surface area contributed by atoms with Crippen molar-refractivity contribution in [1.29, 1.82) is 0 Å². The smallest absolute Gasteiger partial charge is 0.276 e. The van der Waals surface area contributed by atoms with E-state index in [1.54, 1.807) is 6.07 Å². The Kier molecular flexibility index (Phi) is 5.38. The summed E-state index contributed by atoms with van der Waals surface area (Å²) < 4.78 is 0.545. The maximum atomic E-state index is 10.8. The minimum atomic E-state index is -1.28. The zero-order valence-electron chi connectivity index (χ0n) is 8.78. The van der Waals surface area contributed by atoms with E-state index in [1.165, 1.54) is 12.1 Å². The highest BCUT2D eigenvalue weighted by molar-refractivity contribution is 9.10. The van der Waals surface area contributed by atoms with Crippen molar-refractivity contribution in [2.24, 2.45) is 0 Å². The van der Waals surface area contributed by atoms with Crippen molar-refractivity contribution in [3.05, 3.63) is 38.3 Å². The molecular weight excluding hydrogens is 310 g/mol. The first-order valence-corrected chi connectivity index (χ1v) is 6.30. The molecule has 0 aromatic heterocycles. The number of aliphatic hydroxyl groups excluding tert-OH is 2. The van der Waals surface area contributed by atoms with Crippen LogP contribution < -0.4 is 0 Å². The van der Waals surface area contributed by atoms with Gasteiger partial charge in [0.1, 0.15) is 6.10 Å². The highest BCUT2D eigenvalue weighted by Crippen LogP contribution is 2.30. The predicted molar refractivity (Wildman–Crippen MR) is 70.2 cm³/mol. The molecule has 0 fully saturated rings. The lowest BCUT2D eigenvalue weighted by Gasteiger charge is -2.17. The average molecular weight is 322 g/mol. The molecule has 0 radical (unpaired) electrons. The van der Waals surface area contributed by atoms with E-state index >= 15 is 0 Å². The van der Waals surface area contributed by atoms with Crippen LogP contribution in [-0.4, -0.2) is 27.0 Å². The van der Waals surface area contributed by atoms with Gasteiger partial charge in [-0.1, -0.05) is 15.9 Å². The van der Waals surface area contributed by atoms with Crippen molar-refractivity contribution in [2.45, 2.75) is 18.6 Å². The topological polar surface area (TPSA) is 83.6 Å². The van der Waals surface area contributed by atoms with Crippen LogP contribution in [0.3, 0.4) is 0 Å². The summed E-state index contributed by atoms with van der Waals surface area (Å²) in [6.07, 6.45) is -2.08. The number of hydrogen-bond donors (Lipinski definition) is 3. The van der Waals surface area contributed by atoms with Crippen LogP contribution >= 0.6 is 28.6 Å². The Morgan fingerprint density at radius 1 is 1.47 bits per heavy atom. The van der Waals surface area contributed by atoms with E-state index in [9.17, 15) is 20.3 Å². The Bertz CT molecular complexity index is 415. The molecule has 0 aliphatic heterocycles. The van der Waals surface area contributed by atoms with Gasteiger partial charge in [-0.25, -0.2) is 0 Å². The van der Waals surface area contributed by atoms with Crippen molar-refractivity contribution in [2.75, 3.05) is 5.75 Å². The van der Waals surface area contributed by atoms with E-state index in [-0.39, 0.29) is 17.7 Å². The molecule has 0 spiro atoms. The molecule has 2 N–H and O–H groups in total. The molecule has 0 saturated heterocycles. The van der Waals surface area contributed by atoms with E-state index in [4.69, 9.17) is 0 Å². The molecule has 0 aliphatic rings. The van der Waals surface area contributed by atoms with Crippen LogP contribution in [-0.2, 0) is 0 Å². The van der Waals surface area contributed by atoms with Gasteiger partial charge in [-0.3, -0.25) is 10.1 Å². The third-order valence-corrected chi connectivity index (χ3v) is 3.05. The van der Waals surface area contributed by atoms with Gasteiger partial charge < -0.3 is 10.2 Å². The van der Waals surface area contributed by atoms with Crippen LogP contribution in [0.4, 0.5) is 5.69 Å². The molecule has 17 heavy (non-hydrogen) atoms. The SMILES string of the molecule is O=[N+]([O-])c1cc(Br)ccc1C(O)C(O)CCS. The second-order valence-corrected chi connectivity index (χ2v) is 4.85. The molecule has 5 nitrogen and oxygen atoms in total. The lowest BCUT2D eigenvalue weighted by molar-refractivity contribution is -0.386. The Labute approximate surface area is 112 Å². The number of aliphatic hydroxyl groups is 2. The Morgan fingerprint density at radius 2 is 2.12 bits per heavy atom. The van der Waals surface area contributed by atoms with Crippen LogP contribution in [0.1, 0.15) is 18.1 Å². The number of nitro benzene ring substituents is 1. The fourth-order valence-corrected chi connectivity index (χ4v) is 2.04. The highest BCUT2D eigenvalue weighted by atomic mass is 79.9. The molecule has 1 aromatic carbocycles. The minimum Gasteiger partial charge on any atom is -0.390 e. The van der Waals surface area contributed by atoms with Crippen LogP contribution in [0, 0.1) is 10.1 Å². The molecule has 0 bridgehead atoms. The lowest BCUT2D eigenvalue weighted by atomic mass is 10.0. The van der Waals surface area contributed by atoms with E-state index in [0.717, 1.165) is 0 Å². The number of nitrogens with zero attached hydrogens (tertiary/aromatic N) is 1. The summed E-state index contributed by atoms with van der Waals surface area (Å²) in [5.41, 5.74) is -0.113. The van der Waals surface area contributed by atoms with E-state index in [2.05, 4.69) is 28.6 Å². The number of rotatable bonds is 5. The van der Waals surface area contributed by atoms with Gasteiger partial charge in [0.15, 0.2) is 0 Å². The summed E-state index contributed by atoms with van der Waals surface area (Å²) in [4.78, 5) is 10.2. The first-order valence-electron chi connectivity index (χ1n) is 4.88. The lowest BCUT2D eigenvalue weighted by Crippen LogP contribution is -2.19. The summed E-state index contributed by atoms with van der Waals surface area (Å²) in [5, 5.41) is 30.3. The Balaban J connectivity index is 3.08. The van der Waals surface area contributed by atoms with Crippen LogP contribution in [0.2, 0.25) is 0 Å². The standard InChI is InChI=1S/C10H12BrNO4S/c11-6-1-2-7(8(5-6)12(15)16)10(14)9(13)3-4-17/h1-2,5,9-10,13-14,17H,3-4H2. The summed E-state index contributed by atoms with van der Waals surface area (Å²) in [6.45, 7) is 0. The number of hydrogen-bond acceptors (Lipinski definition) is 5. The molecule has 2 unspecified atom stereocenters. The van der Waals surface area contributed by atoms with Gasteiger partial charge in [-0.15, -0.1) is 0 Å². The average Bonchev–Trinajstić information content (AvgIpc) is 2.28. The summed E-state index contributed by atoms with van der Waals surface area (Å²) in [7, 11) is 0. The first-order chi connectivity index (χ1) is 7.97. The fraction of sp³-hybridized carbons (Fsp3) is 0.400. The fourth-order valence-electron chi connectivity index (χ4n) is 1.42. The molecule has 1 rings (SSSR count). The van der Waals surface area contributed by atoms with Gasteiger partial charge in [0.05, 0.1) is 16.6 Å². The minimum absolute atomic E-state index is 0.104. The maximum absolute atomic E-state index is 10.8. The predicted octanol–water partition coefficient (Wildman–Crippen LogP) is 2.07. The number of benzene rings is 1. The summed E-state index contributed by atoms with van der Waals surface area (Å²) >= 11 is 7.06. The molecule has 1 aromatic rings. The van der Waals surface area contributed by atoms with Crippen LogP contribution in [0.5, 0.6) is 0 Å². The van der Waals surface area contributed by atoms with Crippen molar-refractivity contribution in [3.8, 4) is 0 Å². The van der Waals surface area contributed by atoms with Crippen LogP contribution in [0.15, 0.2) is 22.7 Å². The molecule has 0 saturated carbocycles. The second kappa shape index (κ2) is 6.34. The van der Waals surface area contributed by atoms with Crippen molar-refractivity contribution in [1.82, 2.24) is 0 Å². The Hall–Kier alpha value is -0.630. The molecular formula is C10H12BrNO4S. The van der Waals surface area contributed by atoms with E-state index in [1.807, 2.05) is 0 Å². The quantitative estimate of drug-likeness (QED) is 0.440. The van der Waals surface area contributed by atoms with Crippen LogP contribution in [0.25, 0.3) is 0 Å². The monoisotopic (exact) mass is 321 g/mol. The van der Waals surface area contributed by atoms with Gasteiger partial charge in [-0.05, 0) is 24.3 Å². The zero-order chi connectivity index (χ0) is 13.0. The third kappa shape index (κ3) is 3.67. The van der Waals surface area contributed by atoms with Crippen molar-refractivity contribution < 1.29 is 15.1 Å². The van der Waals surface area contributed by atoms with Crippen molar-refractivity contribution in [3.63, 3.8) is 0 Å². The summed E-state index contributed by atoms with van der Waals surface area (Å²) in [5.74, 6) is 0.391. The normalized spacial score (nSPS) is 14.4. The number of halogens is 1. The molecule has 94 valence electrons.